The van der Waals surface area contributed by atoms with Crippen LogP contribution in [0.2, 0.25) is 0 Å². The summed E-state index contributed by atoms with van der Waals surface area (Å²) in [5.41, 5.74) is 1.31. The van der Waals surface area contributed by atoms with Crippen molar-refractivity contribution in [3.63, 3.8) is 0 Å². The summed E-state index contributed by atoms with van der Waals surface area (Å²) in [4.78, 5) is 15.0. The number of nitrogens with zero attached hydrogens (tertiary/aromatic N) is 2. The lowest BCUT2D eigenvalue weighted by atomic mass is 10.2. The van der Waals surface area contributed by atoms with Gasteiger partial charge < -0.3 is 4.40 Å². The molecule has 2 heterocycles. The number of hydrogen-bond acceptors (Lipinski definition) is 2. The molecule has 2 aromatic heterocycles. The zero-order chi connectivity index (χ0) is 8.55. The Morgan fingerprint density at radius 2 is 2.50 bits per heavy atom. The smallest absolute Gasteiger partial charge is 0.163 e. The second-order valence-electron chi connectivity index (χ2n) is 2.58. The van der Waals surface area contributed by atoms with Crippen LogP contribution in [-0.4, -0.2) is 15.2 Å². The first-order valence-electron chi connectivity index (χ1n) is 3.64. The summed E-state index contributed by atoms with van der Waals surface area (Å²) in [6.45, 7) is 1.53. The Balaban J connectivity index is 2.82. The second kappa shape index (κ2) is 2.44. The molecule has 0 bridgehead atoms. The van der Waals surface area contributed by atoms with Gasteiger partial charge in [0.2, 0.25) is 0 Å². The van der Waals surface area contributed by atoms with Crippen molar-refractivity contribution in [3.8, 4) is 0 Å². The van der Waals surface area contributed by atoms with Crippen LogP contribution in [0.5, 0.6) is 0 Å². The van der Waals surface area contributed by atoms with Gasteiger partial charge in [0, 0.05) is 12.4 Å². The lowest BCUT2D eigenvalue weighted by Gasteiger charge is -1.97. The van der Waals surface area contributed by atoms with Crippen molar-refractivity contribution in [2.45, 2.75) is 6.92 Å². The number of ketones is 1. The number of carbonyl (C=O) groups excluding carboxylic acids is 1. The van der Waals surface area contributed by atoms with E-state index in [9.17, 15) is 4.79 Å². The van der Waals surface area contributed by atoms with E-state index in [2.05, 4.69) is 11.2 Å². The summed E-state index contributed by atoms with van der Waals surface area (Å²) in [5.74, 6) is 0.0280. The summed E-state index contributed by atoms with van der Waals surface area (Å²) in [7, 11) is 0. The van der Waals surface area contributed by atoms with E-state index in [1.54, 1.807) is 16.7 Å². The van der Waals surface area contributed by atoms with Gasteiger partial charge in [0.25, 0.3) is 0 Å². The molecule has 0 unspecified atom stereocenters. The average molecular weight is 159 g/mol. The van der Waals surface area contributed by atoms with Gasteiger partial charge in [-0.25, -0.2) is 4.98 Å². The normalized spacial score (nSPS) is 10.4. The maximum Gasteiger partial charge on any atom is 0.163 e. The van der Waals surface area contributed by atoms with Crippen LogP contribution in [0.15, 0.2) is 24.5 Å². The third-order valence-electron chi connectivity index (χ3n) is 1.74. The number of rotatable bonds is 1. The second-order valence-corrected chi connectivity index (χ2v) is 2.58. The molecule has 0 aromatic carbocycles. The molecule has 0 spiro atoms. The van der Waals surface area contributed by atoms with Gasteiger partial charge in [-0.2, -0.15) is 0 Å². The minimum Gasteiger partial charge on any atom is -0.306 e. The Morgan fingerprint density at radius 3 is 3.25 bits per heavy atom. The third-order valence-corrected chi connectivity index (χ3v) is 1.74. The van der Waals surface area contributed by atoms with Crippen LogP contribution >= 0.6 is 0 Å². The van der Waals surface area contributed by atoms with E-state index in [0.29, 0.717) is 11.2 Å². The highest BCUT2D eigenvalue weighted by Crippen LogP contribution is 2.08. The van der Waals surface area contributed by atoms with Crippen molar-refractivity contribution in [2.75, 3.05) is 0 Å². The molecule has 0 N–H and O–H groups in total. The predicted octanol–water partition coefficient (Wildman–Crippen LogP) is 1.34. The van der Waals surface area contributed by atoms with Gasteiger partial charge in [-0.15, -0.1) is 0 Å². The number of pyridine rings is 1. The molecular formula is C9H7N2O. The summed E-state index contributed by atoms with van der Waals surface area (Å²) in [5, 5.41) is 0. The van der Waals surface area contributed by atoms with Crippen molar-refractivity contribution in [1.82, 2.24) is 9.38 Å². The molecule has 2 rings (SSSR count). The fourth-order valence-corrected chi connectivity index (χ4v) is 1.17. The van der Waals surface area contributed by atoms with Crippen LogP contribution in [-0.2, 0) is 0 Å². The fraction of sp³-hybridized carbons (Fsp3) is 0.111. The van der Waals surface area contributed by atoms with Gasteiger partial charge in [-0.1, -0.05) is 0 Å². The van der Waals surface area contributed by atoms with E-state index in [-0.39, 0.29) is 5.78 Å². The number of fused-ring (bicyclic) bond motifs is 1. The molecule has 0 amide bonds. The van der Waals surface area contributed by atoms with Gasteiger partial charge >= 0.3 is 0 Å². The lowest BCUT2D eigenvalue weighted by molar-refractivity contribution is 0.101. The van der Waals surface area contributed by atoms with Crippen LogP contribution in [0, 0.1) is 6.20 Å². The van der Waals surface area contributed by atoms with E-state index >= 15 is 0 Å². The quantitative estimate of drug-likeness (QED) is 0.588. The molecule has 1 radical (unpaired) electrons. The SMILES string of the molecule is CC(=O)c1cccn2c[c]nc12. The van der Waals surface area contributed by atoms with Gasteiger partial charge in [0.1, 0.15) is 11.8 Å². The topological polar surface area (TPSA) is 34.4 Å². The highest BCUT2D eigenvalue weighted by molar-refractivity contribution is 5.99. The summed E-state index contributed by atoms with van der Waals surface area (Å²) >= 11 is 0. The van der Waals surface area contributed by atoms with Crippen LogP contribution < -0.4 is 0 Å². The van der Waals surface area contributed by atoms with Gasteiger partial charge in [-0.05, 0) is 19.1 Å². The Kier molecular flexibility index (Phi) is 1.43. The Labute approximate surface area is 69.7 Å². The average Bonchev–Trinajstić information content (AvgIpc) is 2.49. The van der Waals surface area contributed by atoms with Crippen molar-refractivity contribution < 1.29 is 4.79 Å². The molecule has 59 valence electrons. The maximum absolute atomic E-state index is 11.1. The first kappa shape index (κ1) is 7.03. The van der Waals surface area contributed by atoms with Crippen molar-refractivity contribution in [1.29, 1.82) is 0 Å². The van der Waals surface area contributed by atoms with E-state index in [4.69, 9.17) is 0 Å². The minimum atomic E-state index is 0.0280. The molecule has 2 aromatic rings. The highest BCUT2D eigenvalue weighted by atomic mass is 16.1. The summed E-state index contributed by atoms with van der Waals surface area (Å²) < 4.78 is 1.77. The van der Waals surface area contributed by atoms with E-state index in [1.807, 2.05) is 12.3 Å². The molecule has 3 heteroatoms. The van der Waals surface area contributed by atoms with Gasteiger partial charge in [0.15, 0.2) is 5.78 Å². The third kappa shape index (κ3) is 0.906. The van der Waals surface area contributed by atoms with Crippen molar-refractivity contribution in [2.24, 2.45) is 0 Å². The maximum atomic E-state index is 11.1. The lowest BCUT2D eigenvalue weighted by Crippen LogP contribution is -1.96. The van der Waals surface area contributed by atoms with Crippen molar-refractivity contribution in [3.05, 3.63) is 36.3 Å². The van der Waals surface area contributed by atoms with Crippen LogP contribution in [0.3, 0.4) is 0 Å². The molecule has 0 saturated heterocycles. The fourth-order valence-electron chi connectivity index (χ4n) is 1.17. The first-order chi connectivity index (χ1) is 5.79. The number of hydrogen-bond donors (Lipinski definition) is 0. The molecule has 3 nitrogen and oxygen atoms in total. The molecule has 0 aliphatic heterocycles. The monoisotopic (exact) mass is 159 g/mol. The summed E-state index contributed by atoms with van der Waals surface area (Å²) in [6.07, 6.45) is 6.23. The minimum absolute atomic E-state index is 0.0280. The van der Waals surface area contributed by atoms with Crippen LogP contribution in [0.1, 0.15) is 17.3 Å². The zero-order valence-corrected chi connectivity index (χ0v) is 6.61. The molecule has 0 aliphatic rings. The zero-order valence-electron chi connectivity index (χ0n) is 6.61. The van der Waals surface area contributed by atoms with E-state index < -0.39 is 0 Å². The largest absolute Gasteiger partial charge is 0.306 e. The van der Waals surface area contributed by atoms with Gasteiger partial charge in [0.05, 0.1) is 5.56 Å². The van der Waals surface area contributed by atoms with E-state index in [1.165, 1.54) is 6.92 Å². The summed E-state index contributed by atoms with van der Waals surface area (Å²) in [6, 6.07) is 3.58. The number of aromatic nitrogens is 2. The van der Waals surface area contributed by atoms with Gasteiger partial charge in [-0.3, -0.25) is 4.79 Å². The molecule has 0 fully saturated rings. The molecule has 0 atom stereocenters. The predicted molar refractivity (Wildman–Crippen MR) is 44.0 cm³/mol. The Bertz CT molecular complexity index is 431. The van der Waals surface area contributed by atoms with Crippen LogP contribution in [0.4, 0.5) is 0 Å². The standard InChI is InChI=1S/C9H7N2O/c1-7(12)8-3-2-5-11-6-4-10-9(8)11/h2-3,5-6H,1H3. The Morgan fingerprint density at radius 1 is 1.67 bits per heavy atom. The number of Topliss-reactive ketones (excluding diaryl/α,β-unsaturated/α-hetero) is 1. The Hall–Kier alpha value is -1.64. The van der Waals surface area contributed by atoms with Crippen molar-refractivity contribution >= 4 is 11.4 Å². The van der Waals surface area contributed by atoms with Crippen LogP contribution in [0.25, 0.3) is 5.65 Å². The first-order valence-corrected chi connectivity index (χ1v) is 3.64. The number of carbonyl (C=O) groups is 1. The molecular weight excluding hydrogens is 152 g/mol. The molecule has 0 saturated carbocycles. The van der Waals surface area contributed by atoms with E-state index in [0.717, 1.165) is 0 Å². The highest BCUT2D eigenvalue weighted by Gasteiger charge is 2.05. The number of imidazole rings is 1. The molecule has 0 aliphatic carbocycles. The molecule has 12 heavy (non-hydrogen) atoms.